The maximum atomic E-state index is 12.5. The summed E-state index contributed by atoms with van der Waals surface area (Å²) < 4.78 is 0. The molecule has 0 aliphatic heterocycles. The highest BCUT2D eigenvalue weighted by molar-refractivity contribution is 6.31. The molecule has 0 atom stereocenters. The molecular formula is C17H13ClN2O. The van der Waals surface area contributed by atoms with E-state index in [1.807, 2.05) is 36.4 Å². The van der Waals surface area contributed by atoms with E-state index < -0.39 is 0 Å². The third kappa shape index (κ3) is 2.69. The Bertz CT molecular complexity index is 825. The van der Waals surface area contributed by atoms with Crippen molar-refractivity contribution in [2.75, 3.05) is 11.1 Å². The van der Waals surface area contributed by atoms with E-state index in [1.54, 1.807) is 24.3 Å². The Hall–Kier alpha value is -2.52. The van der Waals surface area contributed by atoms with Crippen LogP contribution in [-0.4, -0.2) is 5.91 Å². The molecule has 3 nitrogen and oxygen atoms in total. The average molecular weight is 297 g/mol. The summed E-state index contributed by atoms with van der Waals surface area (Å²) in [4.78, 5) is 12.5. The molecule has 0 aromatic heterocycles. The Kier molecular flexibility index (Phi) is 3.50. The molecule has 0 spiro atoms. The lowest BCUT2D eigenvalue weighted by atomic mass is 10.0. The Balaban J connectivity index is 1.99. The van der Waals surface area contributed by atoms with Crippen LogP contribution in [0.1, 0.15) is 10.4 Å². The van der Waals surface area contributed by atoms with Gasteiger partial charge in [0.15, 0.2) is 0 Å². The van der Waals surface area contributed by atoms with E-state index in [9.17, 15) is 4.79 Å². The van der Waals surface area contributed by atoms with Crippen LogP contribution in [0.3, 0.4) is 0 Å². The molecule has 0 fully saturated rings. The lowest BCUT2D eigenvalue weighted by Gasteiger charge is -2.10. The number of hydrogen-bond donors (Lipinski definition) is 2. The first-order valence-electron chi connectivity index (χ1n) is 6.49. The highest BCUT2D eigenvalue weighted by Crippen LogP contribution is 2.25. The number of carbonyl (C=O) groups is 1. The minimum Gasteiger partial charge on any atom is -0.397 e. The third-order valence-electron chi connectivity index (χ3n) is 3.30. The molecule has 0 heterocycles. The number of nitrogens with one attached hydrogen (secondary N) is 1. The first-order chi connectivity index (χ1) is 10.1. The van der Waals surface area contributed by atoms with Gasteiger partial charge in [-0.3, -0.25) is 4.79 Å². The highest BCUT2D eigenvalue weighted by atomic mass is 35.5. The zero-order valence-electron chi connectivity index (χ0n) is 11.1. The van der Waals surface area contributed by atoms with Crippen LogP contribution in [0, 0.1) is 0 Å². The van der Waals surface area contributed by atoms with Gasteiger partial charge in [-0.15, -0.1) is 0 Å². The Labute approximate surface area is 127 Å². The van der Waals surface area contributed by atoms with Gasteiger partial charge in [0.05, 0.1) is 11.4 Å². The fourth-order valence-corrected chi connectivity index (χ4v) is 2.42. The summed E-state index contributed by atoms with van der Waals surface area (Å²) in [6, 6.07) is 18.4. The molecule has 0 saturated carbocycles. The highest BCUT2D eigenvalue weighted by Gasteiger charge is 2.11. The Morgan fingerprint density at radius 1 is 1.00 bits per heavy atom. The van der Waals surface area contributed by atoms with Gasteiger partial charge in [-0.2, -0.15) is 0 Å². The molecule has 4 heteroatoms. The maximum Gasteiger partial charge on any atom is 0.256 e. The second-order valence-corrected chi connectivity index (χ2v) is 5.15. The normalized spacial score (nSPS) is 10.5. The summed E-state index contributed by atoms with van der Waals surface area (Å²) in [5.41, 5.74) is 7.45. The molecule has 0 bridgehead atoms. The van der Waals surface area contributed by atoms with Gasteiger partial charge in [0, 0.05) is 10.6 Å². The standard InChI is InChI=1S/C17H13ClN2O/c18-12-8-9-15(19)16(10-12)20-17(21)14-7-3-5-11-4-1-2-6-13(11)14/h1-10H,19H2,(H,20,21). The number of halogens is 1. The number of amides is 1. The van der Waals surface area contributed by atoms with Crippen LogP contribution in [-0.2, 0) is 0 Å². The van der Waals surface area contributed by atoms with Crippen LogP contribution in [0.4, 0.5) is 11.4 Å². The van der Waals surface area contributed by atoms with Gasteiger partial charge in [-0.05, 0) is 35.0 Å². The van der Waals surface area contributed by atoms with Crippen LogP contribution in [0.15, 0.2) is 60.7 Å². The molecule has 1 amide bonds. The first kappa shape index (κ1) is 13.5. The first-order valence-corrected chi connectivity index (χ1v) is 6.87. The van der Waals surface area contributed by atoms with E-state index in [2.05, 4.69) is 5.32 Å². The summed E-state index contributed by atoms with van der Waals surface area (Å²) in [6.07, 6.45) is 0. The summed E-state index contributed by atoms with van der Waals surface area (Å²) in [5, 5.41) is 5.26. The average Bonchev–Trinajstić information content (AvgIpc) is 2.50. The van der Waals surface area contributed by atoms with E-state index >= 15 is 0 Å². The third-order valence-corrected chi connectivity index (χ3v) is 3.53. The molecule has 3 rings (SSSR count). The number of fused-ring (bicyclic) bond motifs is 1. The number of nitrogens with two attached hydrogens (primary N) is 1. The van der Waals surface area contributed by atoms with E-state index in [0.717, 1.165) is 10.8 Å². The van der Waals surface area contributed by atoms with Gasteiger partial charge in [0.25, 0.3) is 5.91 Å². The van der Waals surface area contributed by atoms with Gasteiger partial charge in [-0.1, -0.05) is 48.0 Å². The Morgan fingerprint density at radius 3 is 2.62 bits per heavy atom. The van der Waals surface area contributed by atoms with Crippen LogP contribution in [0.2, 0.25) is 5.02 Å². The van der Waals surface area contributed by atoms with Crippen molar-refractivity contribution in [3.8, 4) is 0 Å². The van der Waals surface area contributed by atoms with Gasteiger partial charge in [-0.25, -0.2) is 0 Å². The monoisotopic (exact) mass is 296 g/mol. The Morgan fingerprint density at radius 2 is 1.76 bits per heavy atom. The number of benzene rings is 3. The molecule has 3 aromatic rings. The van der Waals surface area contributed by atoms with Gasteiger partial charge in [0.1, 0.15) is 0 Å². The summed E-state index contributed by atoms with van der Waals surface area (Å²) in [5.74, 6) is -0.208. The molecule has 3 aromatic carbocycles. The number of nitrogen functional groups attached to an aromatic ring is 1. The number of carbonyl (C=O) groups excluding carboxylic acids is 1. The quantitative estimate of drug-likeness (QED) is 0.692. The molecule has 3 N–H and O–H groups in total. The van der Waals surface area contributed by atoms with Gasteiger partial charge >= 0.3 is 0 Å². The zero-order valence-corrected chi connectivity index (χ0v) is 11.9. The molecule has 104 valence electrons. The minimum atomic E-state index is -0.208. The summed E-state index contributed by atoms with van der Waals surface area (Å²) in [6.45, 7) is 0. The van der Waals surface area contributed by atoms with Crippen molar-refractivity contribution in [1.29, 1.82) is 0 Å². The van der Waals surface area contributed by atoms with Gasteiger partial charge < -0.3 is 11.1 Å². The minimum absolute atomic E-state index is 0.208. The summed E-state index contributed by atoms with van der Waals surface area (Å²) >= 11 is 5.93. The topological polar surface area (TPSA) is 55.1 Å². The van der Waals surface area contributed by atoms with Crippen molar-refractivity contribution < 1.29 is 4.79 Å². The maximum absolute atomic E-state index is 12.5. The van der Waals surface area contributed by atoms with Crippen molar-refractivity contribution in [1.82, 2.24) is 0 Å². The van der Waals surface area contributed by atoms with Crippen molar-refractivity contribution >= 4 is 39.7 Å². The smallest absolute Gasteiger partial charge is 0.256 e. The molecule has 0 unspecified atom stereocenters. The van der Waals surface area contributed by atoms with Crippen LogP contribution >= 0.6 is 11.6 Å². The molecule has 0 aliphatic carbocycles. The molecular weight excluding hydrogens is 284 g/mol. The number of anilines is 2. The molecule has 0 radical (unpaired) electrons. The van der Waals surface area contributed by atoms with E-state index in [4.69, 9.17) is 17.3 Å². The SMILES string of the molecule is Nc1ccc(Cl)cc1NC(=O)c1cccc2ccccc12. The molecule has 0 aliphatic rings. The largest absolute Gasteiger partial charge is 0.397 e. The van der Waals surface area contributed by atoms with Crippen molar-refractivity contribution in [2.24, 2.45) is 0 Å². The summed E-state index contributed by atoms with van der Waals surface area (Å²) in [7, 11) is 0. The fraction of sp³-hybridized carbons (Fsp3) is 0. The molecule has 21 heavy (non-hydrogen) atoms. The number of hydrogen-bond acceptors (Lipinski definition) is 2. The van der Waals surface area contributed by atoms with Crippen LogP contribution < -0.4 is 11.1 Å². The zero-order chi connectivity index (χ0) is 14.8. The number of rotatable bonds is 2. The van der Waals surface area contributed by atoms with Gasteiger partial charge in [0.2, 0.25) is 0 Å². The molecule has 0 saturated heterocycles. The van der Waals surface area contributed by atoms with Crippen LogP contribution in [0.25, 0.3) is 10.8 Å². The predicted molar refractivity (Wildman–Crippen MR) is 87.8 cm³/mol. The van der Waals surface area contributed by atoms with E-state index in [-0.39, 0.29) is 5.91 Å². The fourth-order valence-electron chi connectivity index (χ4n) is 2.25. The van der Waals surface area contributed by atoms with Crippen molar-refractivity contribution in [3.05, 3.63) is 71.2 Å². The second kappa shape index (κ2) is 5.46. The van der Waals surface area contributed by atoms with Crippen LogP contribution in [0.5, 0.6) is 0 Å². The van der Waals surface area contributed by atoms with Crippen molar-refractivity contribution in [3.63, 3.8) is 0 Å². The lowest BCUT2D eigenvalue weighted by Crippen LogP contribution is -2.13. The van der Waals surface area contributed by atoms with Crippen molar-refractivity contribution in [2.45, 2.75) is 0 Å². The van der Waals surface area contributed by atoms with E-state index in [1.165, 1.54) is 0 Å². The lowest BCUT2D eigenvalue weighted by molar-refractivity contribution is 0.102. The second-order valence-electron chi connectivity index (χ2n) is 4.71. The predicted octanol–water partition coefficient (Wildman–Crippen LogP) is 4.33. The van der Waals surface area contributed by atoms with E-state index in [0.29, 0.717) is 22.0 Å².